The van der Waals surface area contributed by atoms with E-state index in [2.05, 4.69) is 0 Å². The molecule has 0 atom stereocenters. The van der Waals surface area contributed by atoms with E-state index < -0.39 is 0 Å². The Labute approximate surface area is 75.6 Å². The van der Waals surface area contributed by atoms with Crippen LogP contribution >= 0.6 is 0 Å². The van der Waals surface area contributed by atoms with Gasteiger partial charge in [0.15, 0.2) is 0 Å². The zero-order chi connectivity index (χ0) is 10.1. The summed E-state index contributed by atoms with van der Waals surface area (Å²) in [6.45, 7) is 3.96. The van der Waals surface area contributed by atoms with Crippen LogP contribution < -0.4 is 0 Å². The molecule has 0 bridgehead atoms. The zero-order valence-corrected chi connectivity index (χ0v) is 7.98. The summed E-state index contributed by atoms with van der Waals surface area (Å²) in [7, 11) is 0. The Hall–Kier alpha value is -0.606. The van der Waals surface area contributed by atoms with Crippen molar-refractivity contribution in [3.63, 3.8) is 0 Å². The van der Waals surface area contributed by atoms with Crippen molar-refractivity contribution in [3.05, 3.63) is 0 Å². The number of carbonyl (C=O) groups excluding carboxylic acids is 3. The first kappa shape index (κ1) is 22.4. The second kappa shape index (κ2) is 115. The summed E-state index contributed by atoms with van der Waals surface area (Å²) >= 11 is 1.06. The number of hydrogen-bond acceptors (Lipinski definition) is 4. The molecule has 0 heterocycles. The Bertz CT molecular complexity index is 60.7. The van der Waals surface area contributed by atoms with Gasteiger partial charge in [-0.1, -0.05) is 0 Å². The molecule has 0 N–H and O–H groups in total. The molecule has 0 unspecified atom stereocenters. The summed E-state index contributed by atoms with van der Waals surface area (Å²) in [6.07, 6.45) is 4.50. The minimum atomic E-state index is 1.06. The van der Waals surface area contributed by atoms with Gasteiger partial charge in [0.1, 0.15) is 0 Å². The summed E-state index contributed by atoms with van der Waals surface area (Å²) in [5, 5.41) is 0. The van der Waals surface area contributed by atoms with Gasteiger partial charge in [-0.05, 0) is 0 Å². The third-order valence-corrected chi connectivity index (χ3v) is 0. The first-order valence-corrected chi connectivity index (χ1v) is 2.87. The molecular formula is C6H9O4V-3. The van der Waals surface area contributed by atoms with Crippen molar-refractivity contribution >= 4 is 18.9 Å². The number of rotatable bonds is 0. The Balaban J connectivity index is -0.0000000301. The maximum absolute atomic E-state index is 8.68. The van der Waals surface area contributed by atoms with E-state index in [1.807, 2.05) is 0 Å². The fourth-order valence-corrected chi connectivity index (χ4v) is 0. The van der Waals surface area contributed by atoms with Crippen LogP contribution in [0.3, 0.4) is 0 Å². The van der Waals surface area contributed by atoms with Crippen molar-refractivity contribution in [3.8, 4) is 0 Å². The predicted molar refractivity (Wildman–Crippen MR) is 34.8 cm³/mol. The minimum absolute atomic E-state index is 1.06. The van der Waals surface area contributed by atoms with Crippen LogP contribution in [0.15, 0.2) is 0 Å². The van der Waals surface area contributed by atoms with Gasteiger partial charge in [-0.3, -0.25) is 18.9 Å². The van der Waals surface area contributed by atoms with E-state index >= 15 is 0 Å². The van der Waals surface area contributed by atoms with E-state index in [-0.39, 0.29) is 0 Å². The average molecular weight is 196 g/mol. The molecule has 0 rings (SSSR count). The second-order valence-corrected chi connectivity index (χ2v) is 0.612. The molecular weight excluding hydrogens is 187 g/mol. The Morgan fingerprint density at radius 2 is 0.727 bits per heavy atom. The van der Waals surface area contributed by atoms with Crippen molar-refractivity contribution in [2.24, 2.45) is 0 Å². The van der Waals surface area contributed by atoms with Gasteiger partial charge >= 0.3 is 21.0 Å². The van der Waals surface area contributed by atoms with Crippen molar-refractivity contribution < 1.29 is 35.4 Å². The second-order valence-electron chi connectivity index (χ2n) is 0.612. The topological polar surface area (TPSA) is 68.3 Å². The van der Waals surface area contributed by atoms with Gasteiger partial charge in [0.25, 0.3) is 0 Å². The molecule has 65 valence electrons. The summed E-state index contributed by atoms with van der Waals surface area (Å²) in [5.74, 6) is 0. The molecule has 11 heavy (non-hydrogen) atoms. The van der Waals surface area contributed by atoms with Gasteiger partial charge < -0.3 is 14.4 Å². The maximum atomic E-state index is 8.68. The Kier molecular flexibility index (Phi) is 236. The van der Waals surface area contributed by atoms with Crippen LogP contribution in [-0.2, 0) is 35.4 Å². The van der Waals surface area contributed by atoms with E-state index in [0.29, 0.717) is 0 Å². The first-order valence-electron chi connectivity index (χ1n) is 2.29. The van der Waals surface area contributed by atoms with E-state index in [1.54, 1.807) is 0 Å². The van der Waals surface area contributed by atoms with Gasteiger partial charge in [0.2, 0.25) is 0 Å². The normalized spacial score (nSPS) is 3.82. The van der Waals surface area contributed by atoms with Gasteiger partial charge in [0, 0.05) is 0 Å². The molecule has 0 saturated carbocycles. The van der Waals surface area contributed by atoms with E-state index in [1.165, 1.54) is 39.6 Å². The summed E-state index contributed by atoms with van der Waals surface area (Å²) < 4.78 is 8.19. The van der Waals surface area contributed by atoms with Crippen LogP contribution in [0.5, 0.6) is 0 Å². The van der Waals surface area contributed by atoms with Gasteiger partial charge in [-0.25, -0.2) is 0 Å². The van der Waals surface area contributed by atoms with Crippen LogP contribution in [0.4, 0.5) is 0 Å². The standard InChI is InChI=1S/3C2H3O.O.V/c3*1-2-3;;/h3*1H3;;/q3*-1;;. The first-order chi connectivity index (χ1) is 5.24. The van der Waals surface area contributed by atoms with Crippen molar-refractivity contribution in [1.82, 2.24) is 0 Å². The quantitative estimate of drug-likeness (QED) is 0.520. The van der Waals surface area contributed by atoms with Gasteiger partial charge in [-0.15, -0.1) is 0 Å². The van der Waals surface area contributed by atoms with E-state index in [0.717, 1.165) is 17.4 Å². The molecule has 0 spiro atoms. The molecule has 0 aliphatic rings. The monoisotopic (exact) mass is 196 g/mol. The van der Waals surface area contributed by atoms with Crippen molar-refractivity contribution in [1.29, 1.82) is 0 Å². The summed E-state index contributed by atoms with van der Waals surface area (Å²) in [6, 6.07) is 0. The molecule has 0 amide bonds. The fraction of sp³-hybridized carbons (Fsp3) is 0.500. The molecule has 0 aromatic heterocycles. The molecule has 0 aromatic carbocycles. The third kappa shape index (κ3) is 1400. The van der Waals surface area contributed by atoms with Crippen molar-refractivity contribution in [2.75, 3.05) is 0 Å². The molecule has 4 nitrogen and oxygen atoms in total. The van der Waals surface area contributed by atoms with Gasteiger partial charge in [-0.2, -0.15) is 20.8 Å². The average Bonchev–Trinajstić information content (AvgIpc) is 1.96. The van der Waals surface area contributed by atoms with Crippen LogP contribution in [-0.4, -0.2) is 18.9 Å². The Morgan fingerprint density at radius 3 is 0.727 bits per heavy atom. The summed E-state index contributed by atoms with van der Waals surface area (Å²) in [4.78, 5) is 26.0. The van der Waals surface area contributed by atoms with Crippen LogP contribution in [0.2, 0.25) is 0 Å². The van der Waals surface area contributed by atoms with Crippen LogP contribution in [0.25, 0.3) is 0 Å². The molecule has 5 heteroatoms. The predicted octanol–water partition coefficient (Wildman–Crippen LogP) is 0.227. The third-order valence-electron chi connectivity index (χ3n) is 0. The molecule has 0 aliphatic heterocycles. The van der Waals surface area contributed by atoms with Gasteiger partial charge in [0.05, 0.1) is 0 Å². The van der Waals surface area contributed by atoms with E-state index in [9.17, 15) is 0 Å². The fourth-order valence-electron chi connectivity index (χ4n) is 0. The molecule has 0 radical (unpaired) electrons. The molecule has 0 aliphatic carbocycles. The Morgan fingerprint density at radius 1 is 0.727 bits per heavy atom. The SMILES string of the molecule is C[C-]=O.C[C-]=O.C[C-]=O.[O]=[V]. The molecule has 0 saturated heterocycles. The van der Waals surface area contributed by atoms with E-state index in [4.69, 9.17) is 18.1 Å². The van der Waals surface area contributed by atoms with Crippen LogP contribution in [0.1, 0.15) is 20.8 Å². The summed E-state index contributed by atoms with van der Waals surface area (Å²) in [5.41, 5.74) is 0. The molecule has 0 fully saturated rings. The zero-order valence-electron chi connectivity index (χ0n) is 6.58. The van der Waals surface area contributed by atoms with Crippen molar-refractivity contribution in [2.45, 2.75) is 20.8 Å². The van der Waals surface area contributed by atoms with Crippen LogP contribution in [0, 0.1) is 0 Å². The molecule has 0 aromatic rings. The number of hydrogen-bond donors (Lipinski definition) is 0.